The fourth-order valence-electron chi connectivity index (χ4n) is 1.90. The van der Waals surface area contributed by atoms with Gasteiger partial charge in [0.05, 0.1) is 0 Å². The van der Waals surface area contributed by atoms with Gasteiger partial charge in [-0.2, -0.15) is 16.9 Å². The Bertz CT molecular complexity index is 369. The molecule has 1 rings (SSSR count). The lowest BCUT2D eigenvalue weighted by Crippen LogP contribution is -2.29. The molecule has 1 aromatic rings. The van der Waals surface area contributed by atoms with Crippen molar-refractivity contribution in [1.29, 1.82) is 0 Å². The van der Waals surface area contributed by atoms with Crippen LogP contribution in [0.2, 0.25) is 0 Å². The van der Waals surface area contributed by atoms with E-state index >= 15 is 0 Å². The van der Waals surface area contributed by atoms with E-state index in [0.29, 0.717) is 0 Å². The second-order valence-electron chi connectivity index (χ2n) is 3.98. The molecule has 0 bridgehead atoms. The summed E-state index contributed by atoms with van der Waals surface area (Å²) in [6.45, 7) is 7.56. The molecule has 5 heteroatoms. The quantitative estimate of drug-likeness (QED) is 0.795. The minimum atomic E-state index is 0.284. The van der Waals surface area contributed by atoms with Crippen LogP contribution in [0, 0.1) is 4.77 Å². The Hall–Kier alpha value is -0.290. The van der Waals surface area contributed by atoms with Crippen molar-refractivity contribution in [1.82, 2.24) is 14.8 Å². The third-order valence-electron chi connectivity index (χ3n) is 3.32. The maximum Gasteiger partial charge on any atom is 0.195 e. The molecular formula is C11H21N3S2. The summed E-state index contributed by atoms with van der Waals surface area (Å²) in [5, 5.41) is 7.15. The summed E-state index contributed by atoms with van der Waals surface area (Å²) in [5.74, 6) is 1.06. The van der Waals surface area contributed by atoms with Crippen molar-refractivity contribution in [2.24, 2.45) is 0 Å². The second-order valence-corrected chi connectivity index (χ2v) is 5.64. The fraction of sp³-hybridized carbons (Fsp3) is 0.818. The highest BCUT2D eigenvalue weighted by Crippen LogP contribution is 2.32. The normalized spacial score (nSPS) is 12.0. The number of nitrogens with one attached hydrogen (secondary N) is 1. The Morgan fingerprint density at radius 2 is 2.00 bits per heavy atom. The van der Waals surface area contributed by atoms with Crippen molar-refractivity contribution in [2.75, 3.05) is 6.26 Å². The van der Waals surface area contributed by atoms with Gasteiger partial charge < -0.3 is 4.57 Å². The lowest BCUT2D eigenvalue weighted by molar-refractivity contribution is 0.454. The zero-order chi connectivity index (χ0) is 12.2. The third kappa shape index (κ3) is 2.69. The van der Waals surface area contributed by atoms with Crippen molar-refractivity contribution in [3.63, 3.8) is 0 Å². The lowest BCUT2D eigenvalue weighted by atomic mass is 10.0. The lowest BCUT2D eigenvalue weighted by Gasteiger charge is -2.30. The number of rotatable bonds is 6. The van der Waals surface area contributed by atoms with Crippen molar-refractivity contribution in [3.8, 4) is 0 Å². The van der Waals surface area contributed by atoms with Gasteiger partial charge in [0.1, 0.15) is 5.82 Å². The predicted octanol–water partition coefficient (Wildman–Crippen LogP) is 3.42. The summed E-state index contributed by atoms with van der Waals surface area (Å²) in [7, 11) is 0. The van der Waals surface area contributed by atoms with Gasteiger partial charge in [-0.15, -0.1) is 0 Å². The number of aryl methyl sites for hydroxylation is 1. The minimum absolute atomic E-state index is 0.284. The maximum absolute atomic E-state index is 5.29. The molecule has 1 aromatic heterocycles. The highest BCUT2D eigenvalue weighted by atomic mass is 32.2. The Morgan fingerprint density at radius 3 is 2.44 bits per heavy atom. The number of hydrogen-bond donors (Lipinski definition) is 1. The van der Waals surface area contributed by atoms with Gasteiger partial charge in [0.2, 0.25) is 0 Å². The first-order valence-electron chi connectivity index (χ1n) is 5.81. The van der Waals surface area contributed by atoms with E-state index in [1.54, 1.807) is 0 Å². The Morgan fingerprint density at radius 1 is 1.38 bits per heavy atom. The predicted molar refractivity (Wildman–Crippen MR) is 73.6 cm³/mol. The highest BCUT2D eigenvalue weighted by molar-refractivity contribution is 8.00. The van der Waals surface area contributed by atoms with Crippen LogP contribution >= 0.6 is 24.0 Å². The first-order chi connectivity index (χ1) is 7.62. The van der Waals surface area contributed by atoms with E-state index in [2.05, 4.69) is 41.8 Å². The monoisotopic (exact) mass is 259 g/mol. The van der Waals surface area contributed by atoms with Crippen LogP contribution in [-0.4, -0.2) is 25.8 Å². The summed E-state index contributed by atoms with van der Waals surface area (Å²) in [6, 6.07) is 0. The molecular weight excluding hydrogens is 238 g/mol. The SMILES string of the molecule is CCc1n[nH]c(=S)n1CC(CC)(CC)SC. The van der Waals surface area contributed by atoms with Gasteiger partial charge in [0.15, 0.2) is 4.77 Å². The summed E-state index contributed by atoms with van der Waals surface area (Å²) in [5.41, 5.74) is 0. The average Bonchev–Trinajstić information content (AvgIpc) is 2.67. The molecule has 1 heterocycles. The molecule has 0 aromatic carbocycles. The molecule has 0 aliphatic carbocycles. The Kier molecular flexibility index (Phi) is 5.05. The fourth-order valence-corrected chi connectivity index (χ4v) is 2.95. The molecule has 0 radical (unpaired) electrons. The summed E-state index contributed by atoms with van der Waals surface area (Å²) >= 11 is 7.22. The summed E-state index contributed by atoms with van der Waals surface area (Å²) in [4.78, 5) is 0. The molecule has 0 aliphatic heterocycles. The highest BCUT2D eigenvalue weighted by Gasteiger charge is 2.26. The van der Waals surface area contributed by atoms with E-state index in [0.717, 1.165) is 36.4 Å². The van der Waals surface area contributed by atoms with E-state index < -0.39 is 0 Å². The van der Waals surface area contributed by atoms with Gasteiger partial charge in [0.25, 0.3) is 0 Å². The molecule has 92 valence electrons. The number of thioether (sulfide) groups is 1. The smallest absolute Gasteiger partial charge is 0.195 e. The molecule has 0 fully saturated rings. The largest absolute Gasteiger partial charge is 0.303 e. The van der Waals surface area contributed by atoms with Crippen LogP contribution in [-0.2, 0) is 13.0 Å². The van der Waals surface area contributed by atoms with Crippen LogP contribution in [0.15, 0.2) is 0 Å². The van der Waals surface area contributed by atoms with E-state index in [1.807, 2.05) is 11.8 Å². The van der Waals surface area contributed by atoms with Gasteiger partial charge in [-0.1, -0.05) is 20.8 Å². The van der Waals surface area contributed by atoms with Crippen molar-refractivity contribution >= 4 is 24.0 Å². The van der Waals surface area contributed by atoms with Crippen molar-refractivity contribution in [3.05, 3.63) is 10.6 Å². The topological polar surface area (TPSA) is 33.6 Å². The number of aromatic nitrogens is 3. The number of H-pyrrole nitrogens is 1. The molecule has 0 aliphatic rings. The first-order valence-corrected chi connectivity index (χ1v) is 7.45. The van der Waals surface area contributed by atoms with E-state index in [9.17, 15) is 0 Å². The van der Waals surface area contributed by atoms with Crippen molar-refractivity contribution in [2.45, 2.75) is 51.3 Å². The molecule has 0 saturated carbocycles. The van der Waals surface area contributed by atoms with Crippen LogP contribution < -0.4 is 0 Å². The Balaban J connectivity index is 3.01. The molecule has 0 amide bonds. The molecule has 0 atom stereocenters. The number of nitrogens with zero attached hydrogens (tertiary/aromatic N) is 2. The van der Waals surface area contributed by atoms with E-state index in [4.69, 9.17) is 12.2 Å². The first kappa shape index (κ1) is 13.8. The van der Waals surface area contributed by atoms with Gasteiger partial charge in [-0.3, -0.25) is 5.10 Å². The number of aromatic amines is 1. The molecule has 0 unspecified atom stereocenters. The van der Waals surface area contributed by atoms with Gasteiger partial charge in [-0.05, 0) is 31.3 Å². The van der Waals surface area contributed by atoms with Crippen LogP contribution in [0.4, 0.5) is 0 Å². The molecule has 3 nitrogen and oxygen atoms in total. The summed E-state index contributed by atoms with van der Waals surface area (Å²) < 4.78 is 3.18. The van der Waals surface area contributed by atoms with E-state index in [-0.39, 0.29) is 4.75 Å². The zero-order valence-corrected chi connectivity index (χ0v) is 12.2. The van der Waals surface area contributed by atoms with Crippen LogP contribution in [0.5, 0.6) is 0 Å². The van der Waals surface area contributed by atoms with Crippen LogP contribution in [0.1, 0.15) is 39.4 Å². The molecule has 0 saturated heterocycles. The standard InChI is InChI=1S/C11H21N3S2/c1-5-9-12-13-10(15)14(9)8-11(6-2,7-3)16-4/h5-8H2,1-4H3,(H,13,15). The van der Waals surface area contributed by atoms with Crippen LogP contribution in [0.25, 0.3) is 0 Å². The minimum Gasteiger partial charge on any atom is -0.303 e. The zero-order valence-electron chi connectivity index (χ0n) is 10.5. The molecule has 1 N–H and O–H groups in total. The molecule has 16 heavy (non-hydrogen) atoms. The number of hydrogen-bond acceptors (Lipinski definition) is 3. The third-order valence-corrected chi connectivity index (χ3v) is 5.21. The van der Waals surface area contributed by atoms with Gasteiger partial charge in [0, 0.05) is 17.7 Å². The molecule has 0 spiro atoms. The van der Waals surface area contributed by atoms with Gasteiger partial charge in [-0.25, -0.2) is 0 Å². The maximum atomic E-state index is 5.29. The summed E-state index contributed by atoms with van der Waals surface area (Å²) in [6.07, 6.45) is 5.41. The van der Waals surface area contributed by atoms with E-state index in [1.165, 1.54) is 0 Å². The Labute approximate surface area is 107 Å². The van der Waals surface area contributed by atoms with Crippen molar-refractivity contribution < 1.29 is 0 Å². The van der Waals surface area contributed by atoms with Gasteiger partial charge >= 0.3 is 0 Å². The average molecular weight is 259 g/mol. The second kappa shape index (κ2) is 5.87. The van der Waals surface area contributed by atoms with Crippen LogP contribution in [0.3, 0.4) is 0 Å².